The van der Waals surface area contributed by atoms with Crippen LogP contribution in [0.2, 0.25) is 0 Å². The molecule has 4 aromatic carbocycles. The molecule has 0 bridgehead atoms. The molecule has 0 atom stereocenters. The number of carbonyl (C=O) groups excluding carboxylic acids is 4. The smallest absolute Gasteiger partial charge is 0.410 e. The lowest BCUT2D eigenvalue weighted by molar-refractivity contribution is 0.0202. The first-order valence-electron chi connectivity index (χ1n) is 26.6. The number of ether oxygens (including phenoxy) is 2. The van der Waals surface area contributed by atoms with Crippen LogP contribution in [-0.4, -0.2) is 129 Å². The molecule has 6 heterocycles. The molecule has 6 aromatic rings. The number of carbonyl (C=O) groups is 4. The lowest BCUT2D eigenvalue weighted by Crippen LogP contribution is -2.48. The Labute approximate surface area is 465 Å². The first kappa shape index (κ1) is 58.4. The van der Waals surface area contributed by atoms with Crippen LogP contribution in [0, 0.1) is 50.4 Å². The van der Waals surface area contributed by atoms with Crippen LogP contribution in [0.1, 0.15) is 162 Å². The molecule has 0 radical (unpaired) electrons. The number of H-pyrrole nitrogens is 2. The van der Waals surface area contributed by atoms with Gasteiger partial charge >= 0.3 is 12.2 Å². The summed E-state index contributed by atoms with van der Waals surface area (Å²) in [6, 6.07) is 31.2. The zero-order chi connectivity index (χ0) is 54.7. The highest BCUT2D eigenvalue weighted by Crippen LogP contribution is 2.36. The predicted octanol–water partition coefficient (Wildman–Crippen LogP) is 11.9. The van der Waals surface area contributed by atoms with Crippen molar-refractivity contribution in [3.63, 3.8) is 0 Å². The molecule has 2 N–H and O–H groups in total. The molecule has 0 aliphatic carbocycles. The number of methoxy groups -OCH3 is 1. The third-order valence-electron chi connectivity index (χ3n) is 15.5. The van der Waals surface area contributed by atoms with Crippen molar-refractivity contribution in [3.05, 3.63) is 152 Å². The summed E-state index contributed by atoms with van der Waals surface area (Å²) in [4.78, 5) is 75.0. The van der Waals surface area contributed by atoms with E-state index in [0.717, 1.165) is 93.5 Å². The number of nitrogens with zero attached hydrogens (tertiary/aromatic N) is 8. The maximum atomic E-state index is 13.3. The summed E-state index contributed by atoms with van der Waals surface area (Å²) in [6.07, 6.45) is 2.75. The first-order chi connectivity index (χ1) is 36.9. The average Bonchev–Trinajstić information content (AvgIpc) is 4.14. The number of hydrogen-bond donors (Lipinski definition) is 2. The Morgan fingerprint density at radius 1 is 0.544 bits per heavy atom. The summed E-state index contributed by atoms with van der Waals surface area (Å²) in [5.41, 5.74) is 12.2. The second-order valence-electron chi connectivity index (χ2n) is 22.0. The molecule has 0 unspecified atom stereocenters. The van der Waals surface area contributed by atoms with Gasteiger partial charge in [-0.15, -0.1) is 0 Å². The van der Waals surface area contributed by atoms with Crippen LogP contribution in [0.25, 0.3) is 22.5 Å². The SMILES string of the molecule is C.C.COC(=O)N1CCC(c2nc(-c3cc(C(=O)N4CC(c5ccc(C#N)cc5)C4)ccc3C)c(C)[nH]2)CC1.Cc1ccc(C(=O)N2CC(c3ccc(C#N)cc3)C2)cc1-c1nc(C2CCN(C(=O)OC(C)(C)C)CC2)[nH]c1C. The van der Waals surface area contributed by atoms with Crippen molar-refractivity contribution in [2.75, 3.05) is 59.5 Å². The Kier molecular flexibility index (Phi) is 18.2. The number of nitrogens with one attached hydrogen (secondary N) is 2. The van der Waals surface area contributed by atoms with Gasteiger partial charge in [-0.2, -0.15) is 10.5 Å². The number of hydrogen-bond acceptors (Lipinski definition) is 10. The number of aryl methyl sites for hydroxylation is 4. The van der Waals surface area contributed by atoms with Crippen LogP contribution in [0.5, 0.6) is 0 Å². The van der Waals surface area contributed by atoms with Gasteiger partial charge in [0.2, 0.25) is 0 Å². The minimum absolute atomic E-state index is 0. The number of amides is 4. The molecule has 0 saturated carbocycles. The molecule has 16 nitrogen and oxygen atoms in total. The van der Waals surface area contributed by atoms with Crippen LogP contribution >= 0.6 is 0 Å². The summed E-state index contributed by atoms with van der Waals surface area (Å²) >= 11 is 0. The number of benzene rings is 4. The van der Waals surface area contributed by atoms with Crippen molar-refractivity contribution >= 4 is 24.0 Å². The third-order valence-corrected chi connectivity index (χ3v) is 15.5. The number of imidazole rings is 2. The first-order valence-corrected chi connectivity index (χ1v) is 26.6. The number of aromatic amines is 2. The van der Waals surface area contributed by atoms with E-state index in [0.29, 0.717) is 86.4 Å². The number of nitriles is 2. The van der Waals surface area contributed by atoms with Gasteiger partial charge in [0.25, 0.3) is 11.8 Å². The normalized spacial score (nSPS) is 15.9. The number of rotatable bonds is 8. The number of aromatic nitrogens is 4. The van der Waals surface area contributed by atoms with Crippen molar-refractivity contribution < 1.29 is 28.7 Å². The van der Waals surface area contributed by atoms with Gasteiger partial charge in [0.05, 0.1) is 41.8 Å². The van der Waals surface area contributed by atoms with Gasteiger partial charge in [-0.3, -0.25) is 9.59 Å². The van der Waals surface area contributed by atoms with E-state index in [2.05, 4.69) is 22.1 Å². The van der Waals surface area contributed by atoms with E-state index in [4.69, 9.17) is 30.0 Å². The molecular formula is C63H76N10O6. The third kappa shape index (κ3) is 13.0. The maximum Gasteiger partial charge on any atom is 0.410 e. The van der Waals surface area contributed by atoms with Gasteiger partial charge < -0.3 is 39.0 Å². The summed E-state index contributed by atoms with van der Waals surface area (Å²) in [7, 11) is 1.41. The summed E-state index contributed by atoms with van der Waals surface area (Å²) in [5.74, 6) is 2.98. The van der Waals surface area contributed by atoms with Crippen molar-refractivity contribution in [1.29, 1.82) is 10.5 Å². The molecule has 2 aromatic heterocycles. The average molecular weight is 1070 g/mol. The zero-order valence-electron chi connectivity index (χ0n) is 45.4. The molecule has 0 spiro atoms. The Bertz CT molecular complexity index is 3240. The highest BCUT2D eigenvalue weighted by Gasteiger charge is 2.35. The van der Waals surface area contributed by atoms with E-state index in [1.54, 1.807) is 9.80 Å². The van der Waals surface area contributed by atoms with Crippen LogP contribution in [0.3, 0.4) is 0 Å². The molecule has 4 aliphatic heterocycles. The standard InChI is InChI=1S/C32H37N5O3.C29H31N5O3.2CH4/c1-20-6-9-25(30(38)37-18-26(19-37)23-10-7-22(17-33)8-11-23)16-27(20)28-21(2)34-29(35-28)24-12-14-36(15-13-24)31(39)40-32(3,4)5;1-18-4-7-23(28(35)34-16-24(17-34)21-8-5-20(15-30)6-9-21)14-25(18)26-19(2)31-27(32-26)22-10-12-33(13-11-22)29(36)37-3;;/h6-11,16,24,26H,12-15,18-19H2,1-5H3,(H,34,35);4-9,14,22,24H,10-13,16-17H2,1-3H3,(H,31,32);2*1H4. The number of piperidine rings is 2. The van der Waals surface area contributed by atoms with Gasteiger partial charge in [0.15, 0.2) is 0 Å². The van der Waals surface area contributed by atoms with Crippen LogP contribution in [0.4, 0.5) is 9.59 Å². The second-order valence-corrected chi connectivity index (χ2v) is 22.0. The minimum atomic E-state index is -0.503. The molecule has 4 amide bonds. The Hall–Kier alpha value is -8.24. The van der Waals surface area contributed by atoms with E-state index < -0.39 is 5.60 Å². The molecule has 16 heteroatoms. The van der Waals surface area contributed by atoms with E-state index >= 15 is 0 Å². The van der Waals surface area contributed by atoms with Gasteiger partial charge in [-0.1, -0.05) is 51.3 Å². The van der Waals surface area contributed by atoms with Crippen LogP contribution in [-0.2, 0) is 9.47 Å². The molecule has 414 valence electrons. The van der Waals surface area contributed by atoms with Gasteiger partial charge in [-0.05, 0) is 145 Å². The Balaban J connectivity index is 0.000000224. The molecule has 10 rings (SSSR count). The van der Waals surface area contributed by atoms with Crippen molar-refractivity contribution in [1.82, 2.24) is 39.5 Å². The highest BCUT2D eigenvalue weighted by molar-refractivity contribution is 5.97. The Morgan fingerprint density at radius 3 is 1.25 bits per heavy atom. The zero-order valence-corrected chi connectivity index (χ0v) is 45.4. The van der Waals surface area contributed by atoms with E-state index in [9.17, 15) is 19.2 Å². The second kappa shape index (κ2) is 24.6. The van der Waals surface area contributed by atoms with Gasteiger partial charge in [0.1, 0.15) is 17.2 Å². The molecule has 4 aliphatic rings. The molecule has 79 heavy (non-hydrogen) atoms. The van der Waals surface area contributed by atoms with E-state index in [-0.39, 0.29) is 50.7 Å². The minimum Gasteiger partial charge on any atom is -0.453 e. The van der Waals surface area contributed by atoms with Crippen LogP contribution < -0.4 is 0 Å². The molecule has 4 saturated heterocycles. The quantitative estimate of drug-likeness (QED) is 0.147. The number of likely N-dealkylation sites (tertiary alicyclic amines) is 4. The van der Waals surface area contributed by atoms with Gasteiger partial charge in [-0.25, -0.2) is 19.6 Å². The summed E-state index contributed by atoms with van der Waals surface area (Å²) < 4.78 is 10.4. The van der Waals surface area contributed by atoms with E-state index in [1.165, 1.54) is 7.11 Å². The fourth-order valence-electron chi connectivity index (χ4n) is 10.8. The fourth-order valence-corrected chi connectivity index (χ4v) is 10.8. The maximum absolute atomic E-state index is 13.3. The molecular weight excluding hydrogens is 993 g/mol. The monoisotopic (exact) mass is 1070 g/mol. The van der Waals surface area contributed by atoms with Crippen molar-refractivity contribution in [2.45, 2.75) is 118 Å². The molecule has 4 fully saturated rings. The predicted molar refractivity (Wildman–Crippen MR) is 306 cm³/mol. The highest BCUT2D eigenvalue weighted by atomic mass is 16.6. The summed E-state index contributed by atoms with van der Waals surface area (Å²) in [6.45, 7) is 19.0. The lowest BCUT2D eigenvalue weighted by atomic mass is 9.90. The fraction of sp³-hybridized carbons (Fsp3) is 0.429. The van der Waals surface area contributed by atoms with Crippen molar-refractivity contribution in [2.24, 2.45) is 0 Å². The van der Waals surface area contributed by atoms with E-state index in [1.807, 2.05) is 143 Å². The largest absolute Gasteiger partial charge is 0.453 e. The lowest BCUT2D eigenvalue weighted by Gasteiger charge is -2.39. The topological polar surface area (TPSA) is 205 Å². The Morgan fingerprint density at radius 2 is 0.911 bits per heavy atom. The summed E-state index contributed by atoms with van der Waals surface area (Å²) in [5, 5.41) is 18.0. The van der Waals surface area contributed by atoms with Crippen molar-refractivity contribution in [3.8, 4) is 34.7 Å². The van der Waals surface area contributed by atoms with Crippen LogP contribution in [0.15, 0.2) is 84.9 Å². The van der Waals surface area contributed by atoms with Gasteiger partial charge in [0, 0.05) is 110 Å².